The second-order valence-corrected chi connectivity index (χ2v) is 4.26. The highest BCUT2D eigenvalue weighted by Crippen LogP contribution is 2.38. The van der Waals surface area contributed by atoms with Gasteiger partial charge in [-0.25, -0.2) is 0 Å². The summed E-state index contributed by atoms with van der Waals surface area (Å²) in [4.78, 5) is 0. The second kappa shape index (κ2) is 3.72. The predicted octanol–water partition coefficient (Wildman–Crippen LogP) is 2.69. The molecule has 11 heavy (non-hydrogen) atoms. The molecule has 0 aromatic carbocycles. The summed E-state index contributed by atoms with van der Waals surface area (Å²) in [5.41, 5.74) is 0.169. The molecule has 0 amide bonds. The quantitative estimate of drug-likeness (QED) is 0.593. The van der Waals surface area contributed by atoms with Gasteiger partial charge in [0, 0.05) is 0 Å². The highest BCUT2D eigenvalue weighted by atomic mass is 28.2. The molecule has 0 atom stereocenters. The molecule has 0 heterocycles. The highest BCUT2D eigenvalue weighted by Gasteiger charge is 2.38. The molecule has 1 nitrogen and oxygen atoms in total. The van der Waals surface area contributed by atoms with Crippen molar-refractivity contribution in [2.75, 3.05) is 0 Å². The van der Waals surface area contributed by atoms with Gasteiger partial charge in [0.25, 0.3) is 0 Å². The standard InChI is InChI=1S/C9H19OSi/c1-6-9(7-2,10-11)8(3,4)5/h6-7H2,1-5H3. The van der Waals surface area contributed by atoms with E-state index in [0.29, 0.717) is 0 Å². The Hall–Kier alpha value is 0.177. The van der Waals surface area contributed by atoms with Gasteiger partial charge in [0.2, 0.25) is 10.5 Å². The van der Waals surface area contributed by atoms with Crippen molar-refractivity contribution >= 4 is 10.5 Å². The summed E-state index contributed by atoms with van der Waals surface area (Å²) in [5.74, 6) is 0. The van der Waals surface area contributed by atoms with Crippen molar-refractivity contribution in [3.8, 4) is 0 Å². The minimum Gasteiger partial charge on any atom is -0.413 e. The first-order valence-corrected chi connectivity index (χ1v) is 4.69. The van der Waals surface area contributed by atoms with E-state index < -0.39 is 0 Å². The fourth-order valence-corrected chi connectivity index (χ4v) is 2.20. The first-order valence-electron chi connectivity index (χ1n) is 4.28. The first kappa shape index (κ1) is 11.2. The Morgan fingerprint density at radius 2 is 1.45 bits per heavy atom. The van der Waals surface area contributed by atoms with Crippen LogP contribution in [0, 0.1) is 5.41 Å². The van der Waals surface area contributed by atoms with Gasteiger partial charge >= 0.3 is 0 Å². The van der Waals surface area contributed by atoms with Crippen LogP contribution in [0.25, 0.3) is 0 Å². The summed E-state index contributed by atoms with van der Waals surface area (Å²) in [6, 6.07) is 0. The van der Waals surface area contributed by atoms with Gasteiger partial charge in [-0.2, -0.15) is 0 Å². The third kappa shape index (κ3) is 2.06. The molecule has 0 bridgehead atoms. The van der Waals surface area contributed by atoms with E-state index in [4.69, 9.17) is 4.43 Å². The van der Waals surface area contributed by atoms with E-state index in [9.17, 15) is 0 Å². The molecule has 0 N–H and O–H groups in total. The Labute approximate surface area is 74.1 Å². The fourth-order valence-electron chi connectivity index (χ4n) is 1.61. The highest BCUT2D eigenvalue weighted by molar-refractivity contribution is 5.98. The Bertz CT molecular complexity index is 103. The van der Waals surface area contributed by atoms with Crippen LogP contribution in [0.4, 0.5) is 0 Å². The van der Waals surface area contributed by atoms with E-state index in [2.05, 4.69) is 45.1 Å². The first-order chi connectivity index (χ1) is 4.93. The van der Waals surface area contributed by atoms with Gasteiger partial charge in [0.1, 0.15) is 0 Å². The molecule has 65 valence electrons. The van der Waals surface area contributed by atoms with Crippen LogP contribution in [0.5, 0.6) is 0 Å². The lowest BCUT2D eigenvalue weighted by molar-refractivity contribution is -0.0338. The van der Waals surface area contributed by atoms with Crippen molar-refractivity contribution in [2.45, 2.75) is 53.1 Å². The molecule has 0 aliphatic heterocycles. The van der Waals surface area contributed by atoms with E-state index >= 15 is 0 Å². The minimum absolute atomic E-state index is 0.0239. The van der Waals surface area contributed by atoms with Crippen LogP contribution in [0.15, 0.2) is 0 Å². The van der Waals surface area contributed by atoms with Crippen LogP contribution in [0.2, 0.25) is 0 Å². The van der Waals surface area contributed by atoms with Crippen molar-refractivity contribution in [3.63, 3.8) is 0 Å². The van der Waals surface area contributed by atoms with Crippen molar-refractivity contribution in [1.29, 1.82) is 0 Å². The Balaban J connectivity index is 4.54. The summed E-state index contributed by atoms with van der Waals surface area (Å²) in [5, 5.41) is 0. The normalized spacial score (nSPS) is 13.6. The van der Waals surface area contributed by atoms with E-state index in [1.165, 1.54) is 0 Å². The SMILES string of the molecule is CCC(CC)(O[Si])C(C)(C)C. The van der Waals surface area contributed by atoms with Crippen molar-refractivity contribution in [1.82, 2.24) is 0 Å². The monoisotopic (exact) mass is 171 g/mol. The molecule has 3 radical (unpaired) electrons. The van der Waals surface area contributed by atoms with Crippen LogP contribution in [-0.4, -0.2) is 16.1 Å². The minimum atomic E-state index is -0.0239. The molecule has 0 saturated carbocycles. The average molecular weight is 171 g/mol. The molecule has 0 rings (SSSR count). The molecule has 2 heteroatoms. The van der Waals surface area contributed by atoms with Crippen LogP contribution in [0.3, 0.4) is 0 Å². The van der Waals surface area contributed by atoms with Gasteiger partial charge in [0.15, 0.2) is 0 Å². The van der Waals surface area contributed by atoms with Crippen LogP contribution < -0.4 is 0 Å². The molecule has 0 spiro atoms. The Morgan fingerprint density at radius 3 is 1.45 bits per heavy atom. The Morgan fingerprint density at radius 1 is 1.09 bits per heavy atom. The van der Waals surface area contributed by atoms with Gasteiger partial charge in [-0.15, -0.1) is 0 Å². The molecule has 0 fully saturated rings. The zero-order valence-corrected chi connectivity index (χ0v) is 9.32. The maximum atomic E-state index is 5.41. The van der Waals surface area contributed by atoms with Gasteiger partial charge in [-0.1, -0.05) is 34.6 Å². The predicted molar refractivity (Wildman–Crippen MR) is 49.6 cm³/mol. The van der Waals surface area contributed by atoms with E-state index in [0.717, 1.165) is 12.8 Å². The summed E-state index contributed by atoms with van der Waals surface area (Å²) in [6.07, 6.45) is 2.08. The van der Waals surface area contributed by atoms with Crippen LogP contribution >= 0.6 is 0 Å². The lowest BCUT2D eigenvalue weighted by Crippen LogP contribution is -2.43. The maximum Gasteiger partial charge on any atom is 0.247 e. The van der Waals surface area contributed by atoms with Gasteiger partial charge in [-0.3, -0.25) is 0 Å². The summed E-state index contributed by atoms with van der Waals surface area (Å²) >= 11 is 0. The van der Waals surface area contributed by atoms with Crippen molar-refractivity contribution in [2.24, 2.45) is 5.41 Å². The Kier molecular flexibility index (Phi) is 3.78. The molecular formula is C9H19OSi. The third-order valence-electron chi connectivity index (χ3n) is 2.70. The summed E-state index contributed by atoms with van der Waals surface area (Å²) in [7, 11) is 3.18. The molecule has 0 aromatic heterocycles. The fraction of sp³-hybridized carbons (Fsp3) is 1.00. The summed E-state index contributed by atoms with van der Waals surface area (Å²) in [6.45, 7) is 10.9. The smallest absolute Gasteiger partial charge is 0.247 e. The van der Waals surface area contributed by atoms with Gasteiger partial charge in [-0.05, 0) is 18.3 Å². The van der Waals surface area contributed by atoms with E-state index in [-0.39, 0.29) is 11.0 Å². The van der Waals surface area contributed by atoms with E-state index in [1.54, 1.807) is 0 Å². The summed E-state index contributed by atoms with van der Waals surface area (Å²) < 4.78 is 5.41. The zero-order chi connectivity index (χ0) is 9.12. The molecule has 0 aliphatic carbocycles. The van der Waals surface area contributed by atoms with E-state index in [1.807, 2.05) is 0 Å². The van der Waals surface area contributed by atoms with Crippen LogP contribution in [0.1, 0.15) is 47.5 Å². The van der Waals surface area contributed by atoms with Crippen LogP contribution in [-0.2, 0) is 4.43 Å². The number of hydrogen-bond acceptors (Lipinski definition) is 1. The number of hydrogen-bond donors (Lipinski definition) is 0. The molecule has 0 aromatic rings. The molecule has 0 unspecified atom stereocenters. The maximum absolute atomic E-state index is 5.41. The van der Waals surface area contributed by atoms with Crippen molar-refractivity contribution in [3.05, 3.63) is 0 Å². The molecular weight excluding hydrogens is 152 g/mol. The largest absolute Gasteiger partial charge is 0.413 e. The zero-order valence-electron chi connectivity index (χ0n) is 8.32. The second-order valence-electron chi connectivity index (χ2n) is 4.05. The number of rotatable bonds is 3. The van der Waals surface area contributed by atoms with Gasteiger partial charge < -0.3 is 4.43 Å². The van der Waals surface area contributed by atoms with Crippen molar-refractivity contribution < 1.29 is 4.43 Å². The lowest BCUT2D eigenvalue weighted by Gasteiger charge is -2.43. The van der Waals surface area contributed by atoms with Gasteiger partial charge in [0.05, 0.1) is 5.60 Å². The topological polar surface area (TPSA) is 9.23 Å². The third-order valence-corrected chi connectivity index (χ3v) is 3.10. The lowest BCUT2D eigenvalue weighted by atomic mass is 9.73. The molecule has 0 aliphatic rings. The molecule has 0 saturated heterocycles. The average Bonchev–Trinajstić information content (AvgIpc) is 1.90.